The van der Waals surface area contributed by atoms with Crippen molar-refractivity contribution in [2.75, 3.05) is 0 Å². The highest BCUT2D eigenvalue weighted by Crippen LogP contribution is 2.25. The smallest absolute Gasteiger partial charge is 0.240 e. The maximum Gasteiger partial charge on any atom is 0.240 e. The van der Waals surface area contributed by atoms with Crippen LogP contribution in [0.5, 0.6) is 0 Å². The summed E-state index contributed by atoms with van der Waals surface area (Å²) in [4.78, 5) is 5.79. The lowest BCUT2D eigenvalue weighted by Gasteiger charge is -2.16. The molecular weight excluding hydrogens is 364 g/mol. The van der Waals surface area contributed by atoms with Crippen LogP contribution in [-0.2, 0) is 29.4 Å². The van der Waals surface area contributed by atoms with Crippen LogP contribution < -0.4 is 4.72 Å². The minimum absolute atomic E-state index is 0.250. The summed E-state index contributed by atoms with van der Waals surface area (Å²) in [6.45, 7) is 0.250. The van der Waals surface area contributed by atoms with Gasteiger partial charge in [-0.3, -0.25) is 4.98 Å². The predicted octanol–water partition coefficient (Wildman–Crippen LogP) is 4.17. The van der Waals surface area contributed by atoms with E-state index in [2.05, 4.69) is 9.71 Å². The number of fused-ring (bicyclic) bond motifs is 1. The van der Waals surface area contributed by atoms with E-state index in [-0.39, 0.29) is 6.54 Å². The molecule has 0 spiro atoms. The van der Waals surface area contributed by atoms with Gasteiger partial charge in [0.25, 0.3) is 0 Å². The molecule has 0 amide bonds. The van der Waals surface area contributed by atoms with Crippen LogP contribution in [0.25, 0.3) is 10.6 Å². The highest BCUT2D eigenvalue weighted by atomic mass is 32.2. The van der Waals surface area contributed by atoms with Crippen molar-refractivity contribution in [2.45, 2.75) is 37.1 Å². The van der Waals surface area contributed by atoms with Crippen LogP contribution in [0.3, 0.4) is 0 Å². The zero-order chi connectivity index (χ0) is 18.0. The van der Waals surface area contributed by atoms with E-state index in [1.807, 2.05) is 41.8 Å². The summed E-state index contributed by atoms with van der Waals surface area (Å²) in [5.41, 5.74) is 4.21. The quantitative estimate of drug-likeness (QED) is 0.718. The molecule has 6 heteroatoms. The van der Waals surface area contributed by atoms with E-state index < -0.39 is 10.0 Å². The number of hydrogen-bond donors (Lipinski definition) is 1. The number of sulfonamides is 1. The van der Waals surface area contributed by atoms with Gasteiger partial charge >= 0.3 is 0 Å². The third-order valence-corrected chi connectivity index (χ3v) is 6.99. The summed E-state index contributed by atoms with van der Waals surface area (Å²) in [5.74, 6) is 0. The fourth-order valence-electron chi connectivity index (χ4n) is 3.28. The molecule has 1 N–H and O–H groups in total. The van der Waals surface area contributed by atoms with Crippen LogP contribution in [0.1, 0.15) is 29.5 Å². The van der Waals surface area contributed by atoms with E-state index in [1.54, 1.807) is 23.6 Å². The van der Waals surface area contributed by atoms with E-state index in [0.717, 1.165) is 35.4 Å². The van der Waals surface area contributed by atoms with Crippen molar-refractivity contribution in [1.82, 2.24) is 9.71 Å². The fourth-order valence-corrected chi connectivity index (χ4v) is 5.04. The Morgan fingerprint density at radius 1 is 1.04 bits per heavy atom. The van der Waals surface area contributed by atoms with Gasteiger partial charge in [-0.25, -0.2) is 13.1 Å². The molecule has 0 aliphatic heterocycles. The van der Waals surface area contributed by atoms with E-state index in [4.69, 9.17) is 0 Å². The molecule has 2 aromatic heterocycles. The first-order chi connectivity index (χ1) is 12.6. The molecule has 134 valence electrons. The van der Waals surface area contributed by atoms with Crippen molar-refractivity contribution >= 4 is 21.4 Å². The van der Waals surface area contributed by atoms with Gasteiger partial charge in [0.2, 0.25) is 10.0 Å². The Kier molecular flexibility index (Phi) is 4.89. The van der Waals surface area contributed by atoms with Crippen molar-refractivity contribution in [2.24, 2.45) is 0 Å². The molecule has 0 saturated carbocycles. The SMILES string of the molecule is O=S(=O)(NCc1ccnc(-c2cccs2)c1)c1ccc2c(c1)CCCC2. The lowest BCUT2D eigenvalue weighted by molar-refractivity contribution is 0.580. The van der Waals surface area contributed by atoms with Gasteiger partial charge in [0.1, 0.15) is 0 Å². The van der Waals surface area contributed by atoms with Crippen LogP contribution in [0.4, 0.5) is 0 Å². The first kappa shape index (κ1) is 17.4. The Balaban J connectivity index is 1.51. The van der Waals surface area contributed by atoms with E-state index >= 15 is 0 Å². The van der Waals surface area contributed by atoms with E-state index in [1.165, 1.54) is 17.5 Å². The molecule has 3 aromatic rings. The largest absolute Gasteiger partial charge is 0.255 e. The third kappa shape index (κ3) is 3.72. The van der Waals surface area contributed by atoms with Gasteiger partial charge in [0.15, 0.2) is 0 Å². The molecule has 0 bridgehead atoms. The number of thiophene rings is 1. The topological polar surface area (TPSA) is 59.1 Å². The Bertz CT molecular complexity index is 1010. The number of benzene rings is 1. The second-order valence-electron chi connectivity index (χ2n) is 6.49. The Hall–Kier alpha value is -2.02. The molecule has 0 atom stereocenters. The zero-order valence-electron chi connectivity index (χ0n) is 14.3. The van der Waals surface area contributed by atoms with Gasteiger partial charge in [0, 0.05) is 12.7 Å². The molecule has 0 unspecified atom stereocenters. The van der Waals surface area contributed by atoms with Gasteiger partial charge in [-0.15, -0.1) is 11.3 Å². The summed E-state index contributed by atoms with van der Waals surface area (Å²) in [5, 5.41) is 2.00. The predicted molar refractivity (Wildman–Crippen MR) is 105 cm³/mol. The lowest BCUT2D eigenvalue weighted by Crippen LogP contribution is -2.23. The number of rotatable bonds is 5. The molecule has 4 rings (SSSR count). The van der Waals surface area contributed by atoms with Gasteiger partial charge in [-0.05, 0) is 78.1 Å². The molecule has 0 fully saturated rings. The highest BCUT2D eigenvalue weighted by Gasteiger charge is 2.17. The first-order valence-electron chi connectivity index (χ1n) is 8.72. The maximum atomic E-state index is 12.7. The van der Waals surface area contributed by atoms with Crippen LogP contribution in [0, 0.1) is 0 Å². The van der Waals surface area contributed by atoms with Crippen LogP contribution in [-0.4, -0.2) is 13.4 Å². The number of hydrogen-bond acceptors (Lipinski definition) is 4. The highest BCUT2D eigenvalue weighted by molar-refractivity contribution is 7.89. The molecule has 2 heterocycles. The van der Waals surface area contributed by atoms with Gasteiger partial charge < -0.3 is 0 Å². The van der Waals surface area contributed by atoms with Gasteiger partial charge in [-0.2, -0.15) is 0 Å². The van der Waals surface area contributed by atoms with Crippen LogP contribution in [0.15, 0.2) is 58.9 Å². The van der Waals surface area contributed by atoms with Crippen molar-refractivity contribution in [3.63, 3.8) is 0 Å². The molecule has 0 radical (unpaired) electrons. The van der Waals surface area contributed by atoms with Crippen LogP contribution in [0.2, 0.25) is 0 Å². The molecule has 1 aliphatic carbocycles. The Morgan fingerprint density at radius 3 is 2.69 bits per heavy atom. The van der Waals surface area contributed by atoms with Crippen LogP contribution >= 0.6 is 11.3 Å². The van der Waals surface area contributed by atoms with Crippen molar-refractivity contribution in [3.8, 4) is 10.6 Å². The first-order valence-corrected chi connectivity index (χ1v) is 11.1. The summed E-state index contributed by atoms with van der Waals surface area (Å²) in [6.07, 6.45) is 6.05. The molecule has 4 nitrogen and oxygen atoms in total. The molecule has 0 saturated heterocycles. The van der Waals surface area contributed by atoms with E-state index in [0.29, 0.717) is 4.90 Å². The fraction of sp³-hybridized carbons (Fsp3) is 0.250. The third-order valence-electron chi connectivity index (χ3n) is 4.69. The summed E-state index contributed by atoms with van der Waals surface area (Å²) >= 11 is 1.62. The number of nitrogens with one attached hydrogen (secondary N) is 1. The van der Waals surface area contributed by atoms with Gasteiger partial charge in [0.05, 0.1) is 15.5 Å². The summed E-state index contributed by atoms with van der Waals surface area (Å²) < 4.78 is 28.1. The van der Waals surface area contributed by atoms with Crippen molar-refractivity contribution in [1.29, 1.82) is 0 Å². The molecule has 1 aliphatic rings. The average Bonchev–Trinajstić information content (AvgIpc) is 3.21. The Morgan fingerprint density at radius 2 is 1.88 bits per heavy atom. The van der Waals surface area contributed by atoms with E-state index in [9.17, 15) is 8.42 Å². The van der Waals surface area contributed by atoms with Crippen molar-refractivity contribution in [3.05, 3.63) is 70.7 Å². The van der Waals surface area contributed by atoms with Crippen molar-refractivity contribution < 1.29 is 8.42 Å². The molecule has 1 aromatic carbocycles. The number of aryl methyl sites for hydroxylation is 2. The minimum Gasteiger partial charge on any atom is -0.255 e. The summed E-state index contributed by atoms with van der Waals surface area (Å²) in [6, 6.07) is 13.3. The lowest BCUT2D eigenvalue weighted by atomic mass is 9.92. The average molecular weight is 385 g/mol. The zero-order valence-corrected chi connectivity index (χ0v) is 15.9. The number of pyridine rings is 1. The van der Waals surface area contributed by atoms with Gasteiger partial charge in [-0.1, -0.05) is 12.1 Å². The molecule has 26 heavy (non-hydrogen) atoms. The number of aromatic nitrogens is 1. The Labute approximate surface area is 158 Å². The monoisotopic (exact) mass is 384 g/mol. The number of nitrogens with zero attached hydrogens (tertiary/aromatic N) is 1. The second kappa shape index (κ2) is 7.31. The standard InChI is InChI=1S/C20H20N2O2S2/c23-26(24,18-8-7-16-4-1-2-5-17(16)13-18)22-14-15-9-10-21-19(12-15)20-6-3-11-25-20/h3,6-13,22H,1-2,4-5,14H2. The second-order valence-corrected chi connectivity index (χ2v) is 9.20. The molecular formula is C20H20N2O2S2. The minimum atomic E-state index is -3.53. The summed E-state index contributed by atoms with van der Waals surface area (Å²) in [7, 11) is -3.53. The maximum absolute atomic E-state index is 12.7. The normalized spacial score (nSPS) is 14.2.